The van der Waals surface area contributed by atoms with Gasteiger partial charge < -0.3 is 4.90 Å². The molecule has 1 fully saturated rings. The first-order chi connectivity index (χ1) is 6.25. The number of aromatic nitrogens is 2. The molecule has 1 aliphatic rings. The molecule has 0 bridgehead atoms. The summed E-state index contributed by atoms with van der Waals surface area (Å²) in [6, 6.07) is 3.74. The number of nitrogens with zero attached hydrogens (tertiary/aromatic N) is 3. The molecule has 1 aromatic heterocycles. The van der Waals surface area contributed by atoms with Crippen LogP contribution in [0.2, 0.25) is 10.7 Å². The van der Waals surface area contributed by atoms with E-state index in [-0.39, 0.29) is 0 Å². The fourth-order valence-corrected chi connectivity index (χ4v) is 2.42. The molecule has 1 saturated heterocycles. The van der Waals surface area contributed by atoms with Crippen LogP contribution in [0.1, 0.15) is 6.42 Å². The SMILES string of the molecule is [SiH3]C1CCN(c2ccc(Cl)nn2)C1. The molecule has 0 aromatic carbocycles. The fourth-order valence-electron chi connectivity index (χ4n) is 1.62. The van der Waals surface area contributed by atoms with Crippen LogP contribution in [0.3, 0.4) is 0 Å². The van der Waals surface area contributed by atoms with Crippen molar-refractivity contribution in [2.24, 2.45) is 0 Å². The largest absolute Gasteiger partial charge is 0.355 e. The summed E-state index contributed by atoms with van der Waals surface area (Å²) in [4.78, 5) is 2.28. The van der Waals surface area contributed by atoms with E-state index in [4.69, 9.17) is 11.6 Å². The van der Waals surface area contributed by atoms with Gasteiger partial charge in [0, 0.05) is 23.3 Å². The molecule has 5 heteroatoms. The van der Waals surface area contributed by atoms with Crippen LogP contribution in [0.15, 0.2) is 12.1 Å². The Labute approximate surface area is 85.5 Å². The highest BCUT2D eigenvalue weighted by Crippen LogP contribution is 2.23. The highest BCUT2D eigenvalue weighted by atomic mass is 35.5. The monoisotopic (exact) mass is 213 g/mol. The van der Waals surface area contributed by atoms with E-state index in [2.05, 4.69) is 15.1 Å². The van der Waals surface area contributed by atoms with E-state index in [0.29, 0.717) is 5.15 Å². The van der Waals surface area contributed by atoms with Crippen LogP contribution in [-0.2, 0) is 0 Å². The average Bonchev–Trinajstić information content (AvgIpc) is 2.53. The second-order valence-electron chi connectivity index (χ2n) is 3.55. The zero-order valence-corrected chi connectivity index (χ0v) is 10.3. The van der Waals surface area contributed by atoms with Gasteiger partial charge in [0.05, 0.1) is 0 Å². The van der Waals surface area contributed by atoms with Gasteiger partial charge in [-0.1, -0.05) is 11.6 Å². The molecule has 0 N–H and O–H groups in total. The van der Waals surface area contributed by atoms with Crippen molar-refractivity contribution in [3.63, 3.8) is 0 Å². The van der Waals surface area contributed by atoms with E-state index >= 15 is 0 Å². The van der Waals surface area contributed by atoms with Gasteiger partial charge in [0.2, 0.25) is 0 Å². The van der Waals surface area contributed by atoms with Gasteiger partial charge in [-0.25, -0.2) is 0 Å². The molecule has 1 atom stereocenters. The number of rotatable bonds is 1. The number of hydrogen-bond donors (Lipinski definition) is 0. The summed E-state index contributed by atoms with van der Waals surface area (Å²) in [5.41, 5.74) is 0.900. The molecular formula is C8H12ClN3Si. The topological polar surface area (TPSA) is 29.0 Å². The summed E-state index contributed by atoms with van der Waals surface area (Å²) >= 11 is 5.66. The molecule has 0 saturated carbocycles. The predicted octanol–water partition coefficient (Wildman–Crippen LogP) is 0.494. The van der Waals surface area contributed by atoms with Gasteiger partial charge in [-0.15, -0.1) is 10.2 Å². The predicted molar refractivity (Wildman–Crippen MR) is 57.6 cm³/mol. The first-order valence-electron chi connectivity index (χ1n) is 4.50. The van der Waals surface area contributed by atoms with Crippen LogP contribution >= 0.6 is 11.6 Å². The van der Waals surface area contributed by atoms with Crippen LogP contribution < -0.4 is 4.90 Å². The molecule has 2 heterocycles. The molecule has 3 nitrogen and oxygen atoms in total. The molecular weight excluding hydrogens is 202 g/mol. The maximum Gasteiger partial charge on any atom is 0.151 e. The van der Waals surface area contributed by atoms with Crippen LogP contribution in [0, 0.1) is 0 Å². The first-order valence-corrected chi connectivity index (χ1v) is 6.03. The molecule has 13 heavy (non-hydrogen) atoms. The second kappa shape index (κ2) is 3.63. The van der Waals surface area contributed by atoms with Gasteiger partial charge in [-0.3, -0.25) is 0 Å². The normalized spacial score (nSPS) is 22.5. The van der Waals surface area contributed by atoms with Gasteiger partial charge in [-0.05, 0) is 24.1 Å². The lowest BCUT2D eigenvalue weighted by Crippen LogP contribution is -2.20. The van der Waals surface area contributed by atoms with E-state index in [1.54, 1.807) is 6.07 Å². The highest BCUT2D eigenvalue weighted by molar-refractivity contribution is 6.29. The number of anilines is 1. The number of hydrogen-bond acceptors (Lipinski definition) is 3. The van der Waals surface area contributed by atoms with Crippen molar-refractivity contribution in [1.82, 2.24) is 10.2 Å². The Bertz CT molecular complexity index is 290. The molecule has 1 aliphatic heterocycles. The molecule has 0 spiro atoms. The average molecular weight is 214 g/mol. The van der Waals surface area contributed by atoms with Gasteiger partial charge >= 0.3 is 0 Å². The van der Waals surface area contributed by atoms with Gasteiger partial charge in [0.1, 0.15) is 0 Å². The van der Waals surface area contributed by atoms with E-state index in [1.165, 1.54) is 16.7 Å². The van der Waals surface area contributed by atoms with Crippen molar-refractivity contribution in [3.05, 3.63) is 17.3 Å². The quantitative estimate of drug-likeness (QED) is 0.637. The van der Waals surface area contributed by atoms with E-state index < -0.39 is 0 Å². The van der Waals surface area contributed by atoms with Gasteiger partial charge in [0.15, 0.2) is 11.0 Å². The molecule has 70 valence electrons. The molecule has 0 amide bonds. The Morgan fingerprint density at radius 1 is 1.46 bits per heavy atom. The minimum Gasteiger partial charge on any atom is -0.355 e. The van der Waals surface area contributed by atoms with Gasteiger partial charge in [-0.2, -0.15) is 0 Å². The van der Waals surface area contributed by atoms with Crippen LogP contribution in [-0.4, -0.2) is 33.5 Å². The minimum absolute atomic E-state index is 0.463. The van der Waals surface area contributed by atoms with Crippen LogP contribution in [0.5, 0.6) is 0 Å². The molecule has 0 aliphatic carbocycles. The third-order valence-corrected chi connectivity index (χ3v) is 3.51. The summed E-state index contributed by atoms with van der Waals surface area (Å²) in [5, 5.41) is 8.35. The Morgan fingerprint density at radius 3 is 2.85 bits per heavy atom. The summed E-state index contributed by atoms with van der Waals surface area (Å²) in [6.45, 7) is 2.26. The van der Waals surface area contributed by atoms with Crippen molar-refractivity contribution < 1.29 is 0 Å². The summed E-state index contributed by atoms with van der Waals surface area (Å²) in [5.74, 6) is 0.961. The third-order valence-electron chi connectivity index (χ3n) is 2.37. The number of halogens is 1. The van der Waals surface area contributed by atoms with Crippen molar-refractivity contribution in [2.45, 2.75) is 12.0 Å². The Hall–Kier alpha value is -0.613. The lowest BCUT2D eigenvalue weighted by Gasteiger charge is -2.15. The molecule has 0 radical (unpaired) electrons. The van der Waals surface area contributed by atoms with E-state index in [1.807, 2.05) is 6.07 Å². The lowest BCUT2D eigenvalue weighted by atomic mass is 10.4. The summed E-state index contributed by atoms with van der Waals surface area (Å²) < 4.78 is 0. The zero-order chi connectivity index (χ0) is 9.26. The van der Waals surface area contributed by atoms with Crippen molar-refractivity contribution in [3.8, 4) is 0 Å². The smallest absolute Gasteiger partial charge is 0.151 e. The van der Waals surface area contributed by atoms with E-state index in [0.717, 1.165) is 24.4 Å². The third kappa shape index (κ3) is 2.00. The summed E-state index contributed by atoms with van der Waals surface area (Å²) in [6.07, 6.45) is 1.30. The fraction of sp³-hybridized carbons (Fsp3) is 0.500. The standard InChI is InChI=1S/C8H12ClN3Si/c9-7-1-2-8(11-10-7)12-4-3-6(13)5-12/h1-2,6H,3-5H2,13H3. The zero-order valence-electron chi connectivity index (χ0n) is 7.57. The van der Waals surface area contributed by atoms with Crippen molar-refractivity contribution in [1.29, 1.82) is 0 Å². The maximum absolute atomic E-state index is 5.66. The van der Waals surface area contributed by atoms with Crippen LogP contribution in [0.4, 0.5) is 5.82 Å². The van der Waals surface area contributed by atoms with Crippen molar-refractivity contribution >= 4 is 27.7 Å². The maximum atomic E-state index is 5.66. The van der Waals surface area contributed by atoms with Crippen molar-refractivity contribution in [2.75, 3.05) is 18.0 Å². The van der Waals surface area contributed by atoms with E-state index in [9.17, 15) is 0 Å². The molecule has 1 aromatic rings. The molecule has 1 unspecified atom stereocenters. The minimum atomic E-state index is 0.463. The Morgan fingerprint density at radius 2 is 2.31 bits per heavy atom. The molecule has 2 rings (SSSR count). The first kappa shape index (κ1) is 8.96. The highest BCUT2D eigenvalue weighted by Gasteiger charge is 2.19. The second-order valence-corrected chi connectivity index (χ2v) is 5.57. The Balaban J connectivity index is 2.13. The van der Waals surface area contributed by atoms with Gasteiger partial charge in [0.25, 0.3) is 0 Å². The lowest BCUT2D eigenvalue weighted by molar-refractivity contribution is 0.893. The summed E-state index contributed by atoms with van der Waals surface area (Å²) in [7, 11) is 1.27. The van der Waals surface area contributed by atoms with Crippen LogP contribution in [0.25, 0.3) is 0 Å². The Kier molecular flexibility index (Phi) is 2.51.